The van der Waals surface area contributed by atoms with Crippen LogP contribution in [-0.2, 0) is 87.9 Å². The fourth-order valence-electron chi connectivity index (χ4n) is 13.4. The van der Waals surface area contributed by atoms with E-state index in [9.17, 15) is 37.8 Å². The SMILES string of the molecule is COP(=O)(O)OCC(COCCCOP(=O)(O)OCCCCc1ccc2ccc3cccc4ccc1c2c34)(COCCCOP(=O)(O)OCCCCc1ccc2ccc3cccc4ccc1c2c34)COCCCOP(=O)(O)OCCCCc1ccc2ccc3cccc4ccc1c2c34. The van der Waals surface area contributed by atoms with Gasteiger partial charge in [0.25, 0.3) is 0 Å². The molecule has 0 saturated carbocycles. The van der Waals surface area contributed by atoms with E-state index in [2.05, 4.69) is 164 Å². The summed E-state index contributed by atoms with van der Waals surface area (Å²) >= 11 is 0. The number of benzene rings is 12. The van der Waals surface area contributed by atoms with Crippen molar-refractivity contribution in [3.63, 3.8) is 0 Å². The third-order valence-corrected chi connectivity index (χ3v) is 22.2. The summed E-state index contributed by atoms with van der Waals surface area (Å²) in [5, 5.41) is 21.7. The van der Waals surface area contributed by atoms with Crippen LogP contribution < -0.4 is 0 Å². The van der Waals surface area contributed by atoms with Crippen LogP contribution in [0.3, 0.4) is 0 Å². The predicted molar refractivity (Wildman–Crippen MR) is 386 cm³/mol. The fraction of sp³-hybridized carbons (Fsp3) is 0.360. The smallest absolute Gasteiger partial charge is 0.381 e. The molecular weight excluding hydrogens is 1330 g/mol. The first-order chi connectivity index (χ1) is 47.5. The Bertz CT molecular complexity index is 4330. The second-order valence-electron chi connectivity index (χ2n) is 25.2. The third kappa shape index (κ3) is 18.0. The van der Waals surface area contributed by atoms with Gasteiger partial charge in [0, 0.05) is 26.9 Å². The first-order valence-corrected chi connectivity index (χ1v) is 39.5. The van der Waals surface area contributed by atoms with Crippen molar-refractivity contribution >= 4 is 128 Å². The Morgan fingerprint density at radius 2 is 0.531 bits per heavy atom. The van der Waals surface area contributed by atoms with E-state index in [0.29, 0.717) is 38.5 Å². The lowest BCUT2D eigenvalue weighted by Gasteiger charge is -2.33. The maximum atomic E-state index is 13.0. The second-order valence-corrected chi connectivity index (χ2v) is 31.1. The van der Waals surface area contributed by atoms with Gasteiger partial charge in [-0.2, -0.15) is 0 Å². The number of phosphoric ester groups is 4. The lowest BCUT2D eigenvalue weighted by atomic mass is 9.91. The quantitative estimate of drug-likeness (QED) is 0.0157. The molecule has 0 aliphatic heterocycles. The molecule has 0 aromatic heterocycles. The molecule has 23 heteroatoms. The average Bonchev–Trinajstić information content (AvgIpc) is 0.757. The highest BCUT2D eigenvalue weighted by atomic mass is 31.2. The van der Waals surface area contributed by atoms with Crippen LogP contribution in [0.15, 0.2) is 164 Å². The minimum absolute atomic E-state index is 0.00463. The first kappa shape index (κ1) is 71.9. The van der Waals surface area contributed by atoms with Crippen molar-refractivity contribution in [1.29, 1.82) is 0 Å². The van der Waals surface area contributed by atoms with Gasteiger partial charge in [-0.1, -0.05) is 164 Å². The summed E-state index contributed by atoms with van der Waals surface area (Å²) < 4.78 is 112. The second kappa shape index (κ2) is 32.8. The Hall–Kier alpha value is -5.92. The van der Waals surface area contributed by atoms with Gasteiger partial charge < -0.3 is 33.8 Å². The highest BCUT2D eigenvalue weighted by Crippen LogP contribution is 2.48. The molecule has 0 spiro atoms. The van der Waals surface area contributed by atoms with E-state index in [4.69, 9.17) is 50.4 Å². The topological polar surface area (TPSA) is 251 Å². The zero-order valence-corrected chi connectivity index (χ0v) is 58.5. The van der Waals surface area contributed by atoms with Gasteiger partial charge in [-0.25, -0.2) is 18.3 Å². The Labute approximate surface area is 569 Å². The molecule has 0 radical (unpaired) electrons. The molecule has 0 amide bonds. The van der Waals surface area contributed by atoms with E-state index in [1.54, 1.807) is 0 Å². The predicted octanol–water partition coefficient (Wildman–Crippen LogP) is 18.1. The normalized spacial score (nSPS) is 15.6. The van der Waals surface area contributed by atoms with Gasteiger partial charge in [0.2, 0.25) is 0 Å². The number of ether oxygens (including phenoxy) is 3. The molecule has 19 nitrogen and oxygen atoms in total. The molecule has 12 aromatic rings. The van der Waals surface area contributed by atoms with Crippen molar-refractivity contribution in [2.75, 3.05) is 93.0 Å². The molecule has 0 saturated heterocycles. The maximum absolute atomic E-state index is 13.0. The first-order valence-electron chi connectivity index (χ1n) is 33.6. The summed E-state index contributed by atoms with van der Waals surface area (Å²) in [6.07, 6.45) is 6.38. The molecular formula is C75H84O19P4. The molecule has 0 heterocycles. The summed E-state index contributed by atoms with van der Waals surface area (Å²) in [5.74, 6) is 0. The van der Waals surface area contributed by atoms with Gasteiger partial charge in [0.1, 0.15) is 0 Å². The van der Waals surface area contributed by atoms with E-state index in [1.807, 2.05) is 0 Å². The molecule has 4 unspecified atom stereocenters. The molecule has 0 bridgehead atoms. The highest BCUT2D eigenvalue weighted by molar-refractivity contribution is 7.48. The van der Waals surface area contributed by atoms with Crippen molar-refractivity contribution in [1.82, 2.24) is 0 Å². The number of rotatable bonds is 43. The fourth-order valence-corrected chi connectivity index (χ4v) is 16.3. The molecule has 0 fully saturated rings. The summed E-state index contributed by atoms with van der Waals surface area (Å²) in [4.78, 5) is 42.1. The van der Waals surface area contributed by atoms with Crippen molar-refractivity contribution in [3.05, 3.63) is 180 Å². The van der Waals surface area contributed by atoms with Crippen LogP contribution in [0.4, 0.5) is 0 Å². The lowest BCUT2D eigenvalue weighted by Crippen LogP contribution is -2.42. The third-order valence-electron chi connectivity index (χ3n) is 18.2. The summed E-state index contributed by atoms with van der Waals surface area (Å²) in [6.45, 7) is -1.72. The highest BCUT2D eigenvalue weighted by Gasteiger charge is 2.36. The average molecular weight is 1410 g/mol. The van der Waals surface area contributed by atoms with E-state index in [0.717, 1.165) is 26.4 Å². The summed E-state index contributed by atoms with van der Waals surface area (Å²) in [6, 6.07) is 57.7. The van der Waals surface area contributed by atoms with E-state index in [1.165, 1.54) is 114 Å². The molecule has 0 aliphatic rings. The van der Waals surface area contributed by atoms with Crippen LogP contribution in [0.5, 0.6) is 0 Å². The largest absolute Gasteiger partial charge is 0.472 e. The van der Waals surface area contributed by atoms with Crippen LogP contribution >= 0.6 is 31.3 Å². The van der Waals surface area contributed by atoms with Crippen molar-refractivity contribution in [3.8, 4) is 0 Å². The standard InChI is InChI=1S/C75H84O19P4/c1-84-95(76,77)94-53-75(50-85-41-11-47-91-96(78,79)88-44-5-2-14-54-23-26-63-32-29-57-17-8-20-60-35-38-66(54)72(63)69(57)60,51-86-42-12-48-92-97(80,81)89-45-6-3-15-55-24-27-64-33-30-58-18-9-21-61-36-39-67(55)73(64)70(58)61)52-87-43-13-49-93-98(82,83)90-46-7-4-16-56-25-28-65-34-31-59-19-10-22-62-37-40-68(56)74(65)71(59)62/h8-10,17-40H,2-7,11-16,41-53H2,1H3,(H,76,77)(H,78,79)(H,80,81)(H,82,83). The minimum Gasteiger partial charge on any atom is -0.381 e. The minimum atomic E-state index is -4.58. The van der Waals surface area contributed by atoms with Crippen molar-refractivity contribution < 1.29 is 88.2 Å². The van der Waals surface area contributed by atoms with Crippen molar-refractivity contribution in [2.24, 2.45) is 5.41 Å². The van der Waals surface area contributed by atoms with Crippen molar-refractivity contribution in [2.45, 2.75) is 77.0 Å². The van der Waals surface area contributed by atoms with Gasteiger partial charge >= 0.3 is 31.3 Å². The number of unbranched alkanes of at least 4 members (excludes halogenated alkanes) is 3. The van der Waals surface area contributed by atoms with Crippen LogP contribution in [-0.4, -0.2) is 113 Å². The van der Waals surface area contributed by atoms with Gasteiger partial charge in [0.15, 0.2) is 0 Å². The Morgan fingerprint density at radius 3 is 0.816 bits per heavy atom. The molecule has 98 heavy (non-hydrogen) atoms. The van der Waals surface area contributed by atoms with E-state index in [-0.39, 0.29) is 98.5 Å². The van der Waals surface area contributed by atoms with Gasteiger partial charge in [-0.15, -0.1) is 0 Å². The van der Waals surface area contributed by atoms with Gasteiger partial charge in [-0.05, 0) is 191 Å². The summed E-state index contributed by atoms with van der Waals surface area (Å²) in [7, 11) is -16.8. The zero-order chi connectivity index (χ0) is 68.2. The zero-order valence-electron chi connectivity index (χ0n) is 55.0. The van der Waals surface area contributed by atoms with Crippen LogP contribution in [0.25, 0.3) is 97.0 Å². The van der Waals surface area contributed by atoms with Crippen LogP contribution in [0, 0.1) is 5.41 Å². The molecule has 4 N–H and O–H groups in total. The Kier molecular flexibility index (Phi) is 24.1. The van der Waals surface area contributed by atoms with E-state index >= 15 is 0 Å². The maximum Gasteiger partial charge on any atom is 0.472 e. The Balaban J connectivity index is 0.591. The molecule has 0 aliphatic carbocycles. The monoisotopic (exact) mass is 1410 g/mol. The van der Waals surface area contributed by atoms with Crippen LogP contribution in [0.1, 0.15) is 74.5 Å². The van der Waals surface area contributed by atoms with E-state index < -0.39 is 43.3 Å². The number of hydrogen-bond acceptors (Lipinski definition) is 15. The number of phosphoric acid groups is 4. The Morgan fingerprint density at radius 1 is 0.276 bits per heavy atom. The number of hydrogen-bond donors (Lipinski definition) is 4. The molecule has 12 aromatic carbocycles. The molecule has 518 valence electrons. The lowest BCUT2D eigenvalue weighted by molar-refractivity contribution is -0.0939. The molecule has 4 atom stereocenters. The summed E-state index contributed by atoms with van der Waals surface area (Å²) in [5.41, 5.74) is 2.27. The number of aryl methyl sites for hydroxylation is 3. The van der Waals surface area contributed by atoms with Gasteiger partial charge in [0.05, 0.1) is 71.5 Å². The van der Waals surface area contributed by atoms with Crippen LogP contribution in [0.2, 0.25) is 0 Å². The molecule has 12 rings (SSSR count). The van der Waals surface area contributed by atoms with Gasteiger partial charge in [-0.3, -0.25) is 36.2 Å².